The Labute approximate surface area is 155 Å². The summed E-state index contributed by atoms with van der Waals surface area (Å²) in [5.74, 6) is 1.70. The zero-order chi connectivity index (χ0) is 19.9. The van der Waals surface area contributed by atoms with Gasteiger partial charge in [0.05, 0.1) is 5.69 Å². The van der Waals surface area contributed by atoms with Gasteiger partial charge in [0.25, 0.3) is 0 Å². The number of aromatic nitrogens is 1. The van der Waals surface area contributed by atoms with Crippen LogP contribution in [-0.2, 0) is 13.0 Å². The summed E-state index contributed by atoms with van der Waals surface area (Å²) in [6.45, 7) is 7.25. The molecule has 0 fully saturated rings. The summed E-state index contributed by atoms with van der Waals surface area (Å²) in [5.41, 5.74) is 1.72. The Hall–Kier alpha value is -2.71. The van der Waals surface area contributed by atoms with Crippen LogP contribution < -0.4 is 15.4 Å². The van der Waals surface area contributed by atoms with Gasteiger partial charge in [-0.15, -0.1) is 13.2 Å². The van der Waals surface area contributed by atoms with Crippen LogP contribution in [0.15, 0.2) is 33.7 Å². The van der Waals surface area contributed by atoms with Crippen LogP contribution in [-0.4, -0.2) is 30.4 Å². The van der Waals surface area contributed by atoms with Crippen molar-refractivity contribution in [2.45, 2.75) is 40.1 Å². The molecule has 0 saturated heterocycles. The summed E-state index contributed by atoms with van der Waals surface area (Å²) < 4.78 is 45.8. The van der Waals surface area contributed by atoms with Gasteiger partial charge in [-0.25, -0.2) is 9.98 Å². The highest BCUT2D eigenvalue weighted by molar-refractivity contribution is 5.79. The van der Waals surface area contributed by atoms with Crippen LogP contribution in [0.2, 0.25) is 0 Å². The normalized spacial score (nSPS) is 12.1. The molecule has 2 N–H and O–H groups in total. The van der Waals surface area contributed by atoms with Crippen molar-refractivity contribution in [3.63, 3.8) is 0 Å². The van der Waals surface area contributed by atoms with E-state index in [1.54, 1.807) is 12.1 Å². The van der Waals surface area contributed by atoms with Crippen molar-refractivity contribution in [1.82, 2.24) is 15.6 Å². The number of hydrogen-bond acceptors (Lipinski definition) is 4. The monoisotopic (exact) mass is 384 g/mol. The van der Waals surface area contributed by atoms with E-state index in [2.05, 4.69) is 25.3 Å². The topological polar surface area (TPSA) is 71.7 Å². The molecule has 0 radical (unpaired) electrons. The highest BCUT2D eigenvalue weighted by Crippen LogP contribution is 2.22. The van der Waals surface area contributed by atoms with Crippen molar-refractivity contribution < 1.29 is 22.3 Å². The van der Waals surface area contributed by atoms with Crippen molar-refractivity contribution in [3.05, 3.63) is 47.2 Å². The van der Waals surface area contributed by atoms with Gasteiger partial charge in [0.15, 0.2) is 5.96 Å². The third kappa shape index (κ3) is 7.20. The van der Waals surface area contributed by atoms with Gasteiger partial charge in [-0.1, -0.05) is 12.1 Å². The van der Waals surface area contributed by atoms with Crippen molar-refractivity contribution in [3.8, 4) is 5.75 Å². The van der Waals surface area contributed by atoms with E-state index in [1.807, 2.05) is 20.8 Å². The first-order valence-corrected chi connectivity index (χ1v) is 8.56. The molecule has 1 aromatic heterocycles. The molecule has 0 saturated carbocycles. The van der Waals surface area contributed by atoms with Gasteiger partial charge in [0.2, 0.25) is 5.89 Å². The van der Waals surface area contributed by atoms with Crippen LogP contribution in [0.25, 0.3) is 0 Å². The van der Waals surface area contributed by atoms with E-state index in [1.165, 1.54) is 12.1 Å². The molecule has 27 heavy (non-hydrogen) atoms. The number of hydrogen-bond donors (Lipinski definition) is 2. The molecule has 1 aromatic carbocycles. The van der Waals surface area contributed by atoms with Gasteiger partial charge in [0.1, 0.15) is 18.1 Å². The van der Waals surface area contributed by atoms with E-state index < -0.39 is 6.36 Å². The number of rotatable bonds is 7. The van der Waals surface area contributed by atoms with Crippen LogP contribution in [0.4, 0.5) is 13.2 Å². The maximum atomic E-state index is 12.2. The SMILES string of the molecule is CCNC(=NCc1nc(C)c(C)o1)NCCc1ccc(OC(F)(F)F)cc1. The second-order valence-electron chi connectivity index (χ2n) is 5.81. The smallest absolute Gasteiger partial charge is 0.444 e. The van der Waals surface area contributed by atoms with E-state index in [0.29, 0.717) is 37.9 Å². The van der Waals surface area contributed by atoms with Crippen LogP contribution in [0.3, 0.4) is 0 Å². The Kier molecular flexibility index (Phi) is 7.09. The summed E-state index contributed by atoms with van der Waals surface area (Å²) in [4.78, 5) is 8.70. The molecule has 0 aliphatic heterocycles. The van der Waals surface area contributed by atoms with Crippen LogP contribution in [0.5, 0.6) is 5.75 Å². The minimum absolute atomic E-state index is 0.231. The first-order valence-electron chi connectivity index (χ1n) is 8.56. The molecule has 0 atom stereocenters. The van der Waals surface area contributed by atoms with Crippen molar-refractivity contribution in [2.24, 2.45) is 4.99 Å². The molecular weight excluding hydrogens is 361 g/mol. The fourth-order valence-corrected chi connectivity index (χ4v) is 2.28. The highest BCUT2D eigenvalue weighted by Gasteiger charge is 2.30. The average molecular weight is 384 g/mol. The van der Waals surface area contributed by atoms with Crippen molar-refractivity contribution >= 4 is 5.96 Å². The number of ether oxygens (including phenoxy) is 1. The van der Waals surface area contributed by atoms with Crippen molar-refractivity contribution in [1.29, 1.82) is 0 Å². The predicted octanol–water partition coefficient (Wildman–Crippen LogP) is 3.49. The molecule has 6 nitrogen and oxygen atoms in total. The van der Waals surface area contributed by atoms with Gasteiger partial charge in [-0.05, 0) is 44.9 Å². The second kappa shape index (κ2) is 9.29. The van der Waals surface area contributed by atoms with Gasteiger partial charge in [-0.3, -0.25) is 0 Å². The molecule has 9 heteroatoms. The van der Waals surface area contributed by atoms with E-state index in [9.17, 15) is 13.2 Å². The van der Waals surface area contributed by atoms with E-state index in [0.717, 1.165) is 17.0 Å². The van der Waals surface area contributed by atoms with E-state index in [-0.39, 0.29) is 5.75 Å². The van der Waals surface area contributed by atoms with Gasteiger partial charge in [-0.2, -0.15) is 0 Å². The third-order valence-electron chi connectivity index (χ3n) is 3.65. The Bertz CT molecular complexity index is 735. The number of nitrogens with zero attached hydrogens (tertiary/aromatic N) is 2. The highest BCUT2D eigenvalue weighted by atomic mass is 19.4. The zero-order valence-corrected chi connectivity index (χ0v) is 15.5. The lowest BCUT2D eigenvalue weighted by atomic mass is 10.1. The summed E-state index contributed by atoms with van der Waals surface area (Å²) in [7, 11) is 0. The summed E-state index contributed by atoms with van der Waals surface area (Å²) >= 11 is 0. The van der Waals surface area contributed by atoms with Crippen LogP contribution in [0.1, 0.15) is 29.8 Å². The van der Waals surface area contributed by atoms with Crippen molar-refractivity contribution in [2.75, 3.05) is 13.1 Å². The van der Waals surface area contributed by atoms with Crippen LogP contribution >= 0.6 is 0 Å². The summed E-state index contributed by atoms with van der Waals surface area (Å²) in [5, 5.41) is 6.29. The number of alkyl halides is 3. The Balaban J connectivity index is 1.85. The Morgan fingerprint density at radius 2 is 1.89 bits per heavy atom. The lowest BCUT2D eigenvalue weighted by Gasteiger charge is -2.12. The quantitative estimate of drug-likeness (QED) is 0.565. The second-order valence-corrected chi connectivity index (χ2v) is 5.81. The predicted molar refractivity (Wildman–Crippen MR) is 95.6 cm³/mol. The largest absolute Gasteiger partial charge is 0.573 e. The number of aliphatic imine (C=N–C) groups is 1. The molecule has 1 heterocycles. The number of oxazole rings is 1. The average Bonchev–Trinajstić information content (AvgIpc) is 2.91. The summed E-state index contributed by atoms with van der Waals surface area (Å²) in [6, 6.07) is 5.81. The minimum atomic E-state index is -4.68. The molecule has 0 unspecified atom stereocenters. The van der Waals surface area contributed by atoms with Gasteiger partial charge < -0.3 is 19.8 Å². The van der Waals surface area contributed by atoms with E-state index in [4.69, 9.17) is 4.42 Å². The third-order valence-corrected chi connectivity index (χ3v) is 3.65. The first-order chi connectivity index (χ1) is 12.8. The number of aryl methyl sites for hydroxylation is 2. The zero-order valence-electron chi connectivity index (χ0n) is 15.5. The first kappa shape index (κ1) is 20.6. The molecular formula is C18H23F3N4O2. The lowest BCUT2D eigenvalue weighted by Crippen LogP contribution is -2.38. The minimum Gasteiger partial charge on any atom is -0.444 e. The number of nitrogens with one attached hydrogen (secondary N) is 2. The number of benzene rings is 1. The fraction of sp³-hybridized carbons (Fsp3) is 0.444. The van der Waals surface area contributed by atoms with Gasteiger partial charge in [0, 0.05) is 13.1 Å². The maximum absolute atomic E-state index is 12.2. The molecule has 2 rings (SSSR count). The number of halogens is 3. The Morgan fingerprint density at radius 3 is 2.44 bits per heavy atom. The Morgan fingerprint density at radius 1 is 1.19 bits per heavy atom. The molecule has 0 bridgehead atoms. The molecule has 2 aromatic rings. The molecule has 0 aliphatic carbocycles. The summed E-state index contributed by atoms with van der Waals surface area (Å²) in [6.07, 6.45) is -4.06. The fourth-order valence-electron chi connectivity index (χ4n) is 2.28. The van der Waals surface area contributed by atoms with E-state index >= 15 is 0 Å². The van der Waals surface area contributed by atoms with Gasteiger partial charge >= 0.3 is 6.36 Å². The maximum Gasteiger partial charge on any atom is 0.573 e. The molecule has 148 valence electrons. The number of guanidine groups is 1. The molecule has 0 amide bonds. The molecule has 0 aliphatic rings. The lowest BCUT2D eigenvalue weighted by molar-refractivity contribution is -0.274. The molecule has 0 spiro atoms. The standard InChI is InChI=1S/C18H23F3N4O2/c1-4-22-17(24-11-16-25-12(2)13(3)26-16)23-10-9-14-5-7-15(8-6-14)27-18(19,20)21/h5-8H,4,9-11H2,1-3H3,(H2,22,23,24). The van der Waals surface area contributed by atoms with Crippen LogP contribution in [0, 0.1) is 13.8 Å².